The van der Waals surface area contributed by atoms with Crippen molar-refractivity contribution < 1.29 is 4.74 Å². The summed E-state index contributed by atoms with van der Waals surface area (Å²) in [6.45, 7) is 4.59. The molecule has 0 aliphatic heterocycles. The average Bonchev–Trinajstić information content (AvgIpc) is 3.26. The maximum absolute atomic E-state index is 5.11. The van der Waals surface area contributed by atoms with E-state index < -0.39 is 0 Å². The third-order valence-corrected chi connectivity index (χ3v) is 3.03. The van der Waals surface area contributed by atoms with Crippen molar-refractivity contribution in [1.29, 1.82) is 0 Å². The number of hydrogen-bond acceptors (Lipinski definition) is 3. The van der Waals surface area contributed by atoms with Crippen LogP contribution in [0.3, 0.4) is 0 Å². The maximum Gasteiger partial charge on any atom is 0.213 e. The molecule has 104 valence electrons. The van der Waals surface area contributed by atoms with Gasteiger partial charge in [-0.2, -0.15) is 0 Å². The predicted molar refractivity (Wildman–Crippen MR) is 76.3 cm³/mol. The van der Waals surface area contributed by atoms with E-state index in [1.807, 2.05) is 12.1 Å². The van der Waals surface area contributed by atoms with E-state index in [0.717, 1.165) is 30.5 Å². The average molecular weight is 262 g/mol. The lowest BCUT2D eigenvalue weighted by molar-refractivity contribution is 0.397. The predicted octanol–water partition coefficient (Wildman–Crippen LogP) is 1.56. The van der Waals surface area contributed by atoms with Crippen LogP contribution in [0.4, 0.5) is 0 Å². The van der Waals surface area contributed by atoms with Gasteiger partial charge in [0.15, 0.2) is 5.96 Å². The van der Waals surface area contributed by atoms with Gasteiger partial charge in [0, 0.05) is 25.4 Å². The summed E-state index contributed by atoms with van der Waals surface area (Å²) >= 11 is 0. The summed E-state index contributed by atoms with van der Waals surface area (Å²) in [5.41, 5.74) is 1.09. The minimum absolute atomic E-state index is 0.624. The molecule has 1 heterocycles. The number of guanidine groups is 1. The van der Waals surface area contributed by atoms with Gasteiger partial charge in [-0.25, -0.2) is 9.98 Å². The van der Waals surface area contributed by atoms with Gasteiger partial charge in [-0.1, -0.05) is 0 Å². The summed E-state index contributed by atoms with van der Waals surface area (Å²) in [6, 6.07) is 3.87. The second kappa shape index (κ2) is 6.97. The molecule has 1 aliphatic rings. The molecule has 1 aromatic rings. The van der Waals surface area contributed by atoms with Crippen LogP contribution in [0, 0.1) is 5.92 Å². The third kappa shape index (κ3) is 4.77. The van der Waals surface area contributed by atoms with Gasteiger partial charge in [0.2, 0.25) is 5.88 Å². The number of methoxy groups -OCH3 is 1. The van der Waals surface area contributed by atoms with Crippen molar-refractivity contribution in [2.45, 2.75) is 26.3 Å². The van der Waals surface area contributed by atoms with Crippen LogP contribution in [0.25, 0.3) is 0 Å². The van der Waals surface area contributed by atoms with Crippen molar-refractivity contribution >= 4 is 5.96 Å². The normalized spacial score (nSPS) is 15.2. The molecule has 0 aromatic carbocycles. The number of aromatic nitrogens is 1. The summed E-state index contributed by atoms with van der Waals surface area (Å²) in [4.78, 5) is 8.66. The number of hydrogen-bond donors (Lipinski definition) is 2. The SMILES string of the molecule is CCNC(=NCc1ccnc(OC)c1)NCC1CC1. The summed E-state index contributed by atoms with van der Waals surface area (Å²) < 4.78 is 5.11. The number of pyridine rings is 1. The van der Waals surface area contributed by atoms with Gasteiger partial charge in [0.1, 0.15) is 0 Å². The summed E-state index contributed by atoms with van der Waals surface area (Å²) in [5.74, 6) is 2.35. The van der Waals surface area contributed by atoms with E-state index in [4.69, 9.17) is 4.74 Å². The van der Waals surface area contributed by atoms with E-state index in [0.29, 0.717) is 12.4 Å². The molecule has 0 unspecified atom stereocenters. The number of nitrogens with zero attached hydrogens (tertiary/aromatic N) is 2. The van der Waals surface area contributed by atoms with Crippen LogP contribution in [0.1, 0.15) is 25.3 Å². The van der Waals surface area contributed by atoms with Crippen LogP contribution in [0.2, 0.25) is 0 Å². The molecule has 2 rings (SSSR count). The quantitative estimate of drug-likeness (QED) is 0.603. The molecule has 0 saturated heterocycles. The highest BCUT2D eigenvalue weighted by Gasteiger charge is 2.20. The summed E-state index contributed by atoms with van der Waals surface area (Å²) in [6.07, 6.45) is 4.43. The molecule has 0 radical (unpaired) electrons. The number of nitrogens with one attached hydrogen (secondary N) is 2. The van der Waals surface area contributed by atoms with Crippen LogP contribution in [0.5, 0.6) is 5.88 Å². The van der Waals surface area contributed by atoms with Gasteiger partial charge < -0.3 is 15.4 Å². The Hall–Kier alpha value is -1.78. The maximum atomic E-state index is 5.11. The van der Waals surface area contributed by atoms with Crippen molar-refractivity contribution in [2.75, 3.05) is 20.2 Å². The Balaban J connectivity index is 1.90. The van der Waals surface area contributed by atoms with Crippen molar-refractivity contribution in [1.82, 2.24) is 15.6 Å². The molecule has 19 heavy (non-hydrogen) atoms. The first-order valence-corrected chi connectivity index (χ1v) is 6.83. The Morgan fingerprint density at radius 3 is 3.00 bits per heavy atom. The fourth-order valence-corrected chi connectivity index (χ4v) is 1.74. The largest absolute Gasteiger partial charge is 0.481 e. The van der Waals surface area contributed by atoms with Crippen molar-refractivity contribution in [3.63, 3.8) is 0 Å². The Bertz CT molecular complexity index is 429. The third-order valence-electron chi connectivity index (χ3n) is 3.03. The minimum atomic E-state index is 0.624. The molecular formula is C14H22N4O. The standard InChI is InChI=1S/C14H22N4O/c1-3-15-14(17-9-11-4-5-11)18-10-12-6-7-16-13(8-12)19-2/h6-8,11H,3-5,9-10H2,1-2H3,(H2,15,17,18). The molecule has 0 bridgehead atoms. The summed E-state index contributed by atoms with van der Waals surface area (Å²) in [5, 5.41) is 6.63. The van der Waals surface area contributed by atoms with E-state index in [1.54, 1.807) is 13.3 Å². The zero-order valence-electron chi connectivity index (χ0n) is 11.6. The number of aliphatic imine (C=N–C) groups is 1. The Labute approximate surface area is 114 Å². The Kier molecular flexibility index (Phi) is 5.01. The van der Waals surface area contributed by atoms with Crippen LogP contribution < -0.4 is 15.4 Å². The fraction of sp³-hybridized carbons (Fsp3) is 0.571. The van der Waals surface area contributed by atoms with Crippen LogP contribution in [-0.2, 0) is 6.54 Å². The molecule has 1 saturated carbocycles. The van der Waals surface area contributed by atoms with Crippen LogP contribution in [-0.4, -0.2) is 31.1 Å². The topological polar surface area (TPSA) is 58.5 Å². The molecule has 5 heteroatoms. The zero-order valence-corrected chi connectivity index (χ0v) is 11.6. The Morgan fingerprint density at radius 2 is 2.32 bits per heavy atom. The minimum Gasteiger partial charge on any atom is -0.481 e. The molecule has 1 aliphatic carbocycles. The molecule has 5 nitrogen and oxygen atoms in total. The molecule has 1 fully saturated rings. The molecule has 0 atom stereocenters. The first-order valence-electron chi connectivity index (χ1n) is 6.83. The highest BCUT2D eigenvalue weighted by Crippen LogP contribution is 2.27. The van der Waals surface area contributed by atoms with Crippen LogP contribution >= 0.6 is 0 Å². The van der Waals surface area contributed by atoms with E-state index in [1.165, 1.54) is 12.8 Å². The number of rotatable bonds is 6. The Morgan fingerprint density at radius 1 is 1.47 bits per heavy atom. The van der Waals surface area contributed by atoms with Crippen molar-refractivity contribution in [3.8, 4) is 5.88 Å². The number of ether oxygens (including phenoxy) is 1. The molecule has 1 aromatic heterocycles. The second-order valence-corrected chi connectivity index (χ2v) is 4.73. The summed E-state index contributed by atoms with van der Waals surface area (Å²) in [7, 11) is 1.62. The highest BCUT2D eigenvalue weighted by molar-refractivity contribution is 5.79. The lowest BCUT2D eigenvalue weighted by atomic mass is 10.3. The van der Waals surface area contributed by atoms with E-state index in [-0.39, 0.29) is 0 Å². The van der Waals surface area contributed by atoms with Crippen molar-refractivity contribution in [2.24, 2.45) is 10.9 Å². The second-order valence-electron chi connectivity index (χ2n) is 4.73. The molecular weight excluding hydrogens is 240 g/mol. The first kappa shape index (κ1) is 13.6. The lowest BCUT2D eigenvalue weighted by Crippen LogP contribution is -2.38. The molecule has 0 amide bonds. The van der Waals surface area contributed by atoms with E-state index in [9.17, 15) is 0 Å². The van der Waals surface area contributed by atoms with E-state index >= 15 is 0 Å². The molecule has 2 N–H and O–H groups in total. The van der Waals surface area contributed by atoms with Gasteiger partial charge in [-0.3, -0.25) is 0 Å². The monoisotopic (exact) mass is 262 g/mol. The molecule has 0 spiro atoms. The van der Waals surface area contributed by atoms with Gasteiger partial charge in [0.05, 0.1) is 13.7 Å². The van der Waals surface area contributed by atoms with Gasteiger partial charge >= 0.3 is 0 Å². The first-order chi connectivity index (χ1) is 9.31. The van der Waals surface area contributed by atoms with Crippen LogP contribution in [0.15, 0.2) is 23.3 Å². The van der Waals surface area contributed by atoms with Crippen molar-refractivity contribution in [3.05, 3.63) is 23.9 Å². The zero-order chi connectivity index (χ0) is 13.5. The lowest BCUT2D eigenvalue weighted by Gasteiger charge is -2.10. The van der Waals surface area contributed by atoms with Gasteiger partial charge in [0.25, 0.3) is 0 Å². The fourth-order valence-electron chi connectivity index (χ4n) is 1.74. The smallest absolute Gasteiger partial charge is 0.213 e. The van der Waals surface area contributed by atoms with E-state index in [2.05, 4.69) is 27.5 Å². The van der Waals surface area contributed by atoms with Gasteiger partial charge in [-0.15, -0.1) is 0 Å². The van der Waals surface area contributed by atoms with Gasteiger partial charge in [-0.05, 0) is 37.3 Å². The highest BCUT2D eigenvalue weighted by atomic mass is 16.5.